The summed E-state index contributed by atoms with van der Waals surface area (Å²) in [4.78, 5) is 22.0. The van der Waals surface area contributed by atoms with Gasteiger partial charge in [0.2, 0.25) is 0 Å². The Bertz CT molecular complexity index is 271. The highest BCUT2D eigenvalue weighted by atomic mass is 16.5. The highest BCUT2D eigenvalue weighted by Crippen LogP contribution is 2.38. The van der Waals surface area contributed by atoms with E-state index in [9.17, 15) is 9.59 Å². The normalized spacial score (nSPS) is 40.7. The zero-order valence-corrected chi connectivity index (χ0v) is 7.17. The predicted octanol–water partition coefficient (Wildman–Crippen LogP) is -0.0721. The summed E-state index contributed by atoms with van der Waals surface area (Å²) in [6.07, 6.45) is 3.91. The minimum absolute atomic E-state index is 0.230. The van der Waals surface area contributed by atoms with Crippen LogP contribution in [0.15, 0.2) is 12.2 Å². The Kier molecular flexibility index (Phi) is 1.92. The molecule has 2 aliphatic heterocycles. The van der Waals surface area contributed by atoms with E-state index in [1.165, 1.54) is 7.11 Å². The lowest BCUT2D eigenvalue weighted by molar-refractivity contribution is -0.148. The Hall–Kier alpha value is -1.16. The van der Waals surface area contributed by atoms with Gasteiger partial charge in [-0.3, -0.25) is 4.79 Å². The number of rotatable bonds is 2. The number of carbonyl (C=O) groups is 2. The molecule has 2 aliphatic rings. The van der Waals surface area contributed by atoms with E-state index in [0.717, 1.165) is 6.29 Å². The van der Waals surface area contributed by atoms with E-state index in [4.69, 9.17) is 4.74 Å². The molecule has 4 nitrogen and oxygen atoms in total. The second-order valence-corrected chi connectivity index (χ2v) is 3.21. The van der Waals surface area contributed by atoms with Crippen molar-refractivity contribution >= 4 is 12.3 Å². The first-order valence-electron chi connectivity index (χ1n) is 4.15. The van der Waals surface area contributed by atoms with Crippen molar-refractivity contribution in [2.24, 2.45) is 11.8 Å². The van der Waals surface area contributed by atoms with Crippen LogP contribution >= 0.6 is 0 Å². The summed E-state index contributed by atoms with van der Waals surface area (Å²) < 4.78 is 9.98. The molecule has 0 spiro atoms. The molecule has 13 heavy (non-hydrogen) atoms. The van der Waals surface area contributed by atoms with Gasteiger partial charge in [0.05, 0.1) is 31.2 Å². The van der Waals surface area contributed by atoms with E-state index >= 15 is 0 Å². The molecule has 0 amide bonds. The number of hydrogen-bond donors (Lipinski definition) is 0. The molecule has 2 heterocycles. The SMILES string of the molecule is COC(=O)C1C2C=CC(O2)C1C=O. The van der Waals surface area contributed by atoms with Crippen LogP contribution in [-0.2, 0) is 19.1 Å². The van der Waals surface area contributed by atoms with Crippen LogP contribution in [0.4, 0.5) is 0 Å². The first kappa shape index (κ1) is 8.44. The van der Waals surface area contributed by atoms with Gasteiger partial charge in [0, 0.05) is 0 Å². The number of methoxy groups -OCH3 is 1. The van der Waals surface area contributed by atoms with Gasteiger partial charge in [0.15, 0.2) is 0 Å². The lowest BCUT2D eigenvalue weighted by atomic mass is 9.84. The van der Waals surface area contributed by atoms with Gasteiger partial charge in [0.1, 0.15) is 6.29 Å². The number of esters is 1. The molecule has 0 N–H and O–H groups in total. The van der Waals surface area contributed by atoms with Gasteiger partial charge in [-0.25, -0.2) is 0 Å². The fraction of sp³-hybridized carbons (Fsp3) is 0.556. The summed E-state index contributed by atoms with van der Waals surface area (Å²) in [6, 6.07) is 0. The Morgan fingerprint density at radius 1 is 1.46 bits per heavy atom. The third-order valence-electron chi connectivity index (χ3n) is 2.58. The first-order chi connectivity index (χ1) is 6.27. The molecule has 0 aromatic rings. The molecule has 0 aromatic carbocycles. The Labute approximate surface area is 75.5 Å². The van der Waals surface area contributed by atoms with Crippen molar-refractivity contribution in [3.63, 3.8) is 0 Å². The number of fused-ring (bicyclic) bond motifs is 2. The minimum atomic E-state index is -0.447. The number of hydrogen-bond acceptors (Lipinski definition) is 4. The van der Waals surface area contributed by atoms with E-state index in [1.54, 1.807) is 0 Å². The van der Waals surface area contributed by atoms with Crippen molar-refractivity contribution < 1.29 is 19.1 Å². The largest absolute Gasteiger partial charge is 0.469 e. The molecule has 0 radical (unpaired) electrons. The third kappa shape index (κ3) is 1.09. The molecule has 1 fully saturated rings. The zero-order chi connectivity index (χ0) is 9.42. The summed E-state index contributed by atoms with van der Waals surface area (Å²) in [5, 5.41) is 0. The van der Waals surface area contributed by atoms with Gasteiger partial charge >= 0.3 is 5.97 Å². The quantitative estimate of drug-likeness (QED) is 0.341. The maximum absolute atomic E-state index is 11.3. The van der Waals surface area contributed by atoms with Crippen molar-refractivity contribution in [1.82, 2.24) is 0 Å². The van der Waals surface area contributed by atoms with Crippen LogP contribution in [0.1, 0.15) is 0 Å². The van der Waals surface area contributed by atoms with E-state index in [0.29, 0.717) is 0 Å². The van der Waals surface area contributed by atoms with Crippen LogP contribution in [0.25, 0.3) is 0 Å². The second kappa shape index (κ2) is 2.96. The lowest BCUT2D eigenvalue weighted by Gasteiger charge is -2.17. The summed E-state index contributed by atoms with van der Waals surface area (Å²) in [5.41, 5.74) is 0. The molecule has 0 aromatic heterocycles. The predicted molar refractivity (Wildman–Crippen MR) is 42.9 cm³/mol. The summed E-state index contributed by atoms with van der Waals surface area (Å²) >= 11 is 0. The van der Waals surface area contributed by atoms with Gasteiger partial charge in [-0.05, 0) is 0 Å². The number of aldehydes is 1. The van der Waals surface area contributed by atoms with Crippen molar-refractivity contribution in [1.29, 1.82) is 0 Å². The van der Waals surface area contributed by atoms with Crippen molar-refractivity contribution in [2.45, 2.75) is 12.2 Å². The standard InChI is InChI=1S/C9H10O4/c1-12-9(11)8-5(4-10)6-2-3-7(8)13-6/h2-8H,1H3. The van der Waals surface area contributed by atoms with Gasteiger partial charge < -0.3 is 14.3 Å². The summed E-state index contributed by atoms with van der Waals surface area (Å²) in [5.74, 6) is -1.19. The fourth-order valence-corrected chi connectivity index (χ4v) is 1.93. The number of carbonyl (C=O) groups excluding carboxylic acids is 2. The van der Waals surface area contributed by atoms with E-state index in [-0.39, 0.29) is 24.1 Å². The molecule has 0 saturated carbocycles. The third-order valence-corrected chi connectivity index (χ3v) is 2.58. The molecule has 70 valence electrons. The van der Waals surface area contributed by atoms with Crippen LogP contribution in [0, 0.1) is 11.8 Å². The molecular weight excluding hydrogens is 172 g/mol. The van der Waals surface area contributed by atoms with Crippen molar-refractivity contribution in [2.75, 3.05) is 7.11 Å². The summed E-state index contributed by atoms with van der Waals surface area (Å²) in [7, 11) is 1.32. The Balaban J connectivity index is 2.23. The molecule has 4 heteroatoms. The smallest absolute Gasteiger partial charge is 0.312 e. The average Bonchev–Trinajstić information content (AvgIpc) is 2.74. The zero-order valence-electron chi connectivity index (χ0n) is 7.17. The van der Waals surface area contributed by atoms with Gasteiger partial charge in [-0.2, -0.15) is 0 Å². The second-order valence-electron chi connectivity index (χ2n) is 3.21. The van der Waals surface area contributed by atoms with Gasteiger partial charge in [0.25, 0.3) is 0 Å². The highest BCUT2D eigenvalue weighted by molar-refractivity contribution is 5.79. The molecule has 1 saturated heterocycles. The van der Waals surface area contributed by atoms with Crippen molar-refractivity contribution in [3.05, 3.63) is 12.2 Å². The van der Waals surface area contributed by atoms with Gasteiger partial charge in [-0.1, -0.05) is 12.2 Å². The molecule has 0 aliphatic carbocycles. The van der Waals surface area contributed by atoms with E-state index < -0.39 is 5.92 Å². The molecule has 4 unspecified atom stereocenters. The first-order valence-corrected chi connectivity index (χ1v) is 4.15. The molecular formula is C9H10O4. The topological polar surface area (TPSA) is 52.6 Å². The van der Waals surface area contributed by atoms with E-state index in [2.05, 4.69) is 4.74 Å². The minimum Gasteiger partial charge on any atom is -0.469 e. The fourth-order valence-electron chi connectivity index (χ4n) is 1.93. The number of ether oxygens (including phenoxy) is 2. The average molecular weight is 182 g/mol. The van der Waals surface area contributed by atoms with Crippen LogP contribution in [0.2, 0.25) is 0 Å². The Morgan fingerprint density at radius 3 is 2.77 bits per heavy atom. The van der Waals surface area contributed by atoms with Crippen LogP contribution in [-0.4, -0.2) is 31.6 Å². The van der Waals surface area contributed by atoms with E-state index in [1.807, 2.05) is 12.2 Å². The Morgan fingerprint density at radius 2 is 2.15 bits per heavy atom. The van der Waals surface area contributed by atoms with Crippen LogP contribution in [0.3, 0.4) is 0 Å². The molecule has 4 atom stereocenters. The summed E-state index contributed by atoms with van der Waals surface area (Å²) in [6.45, 7) is 0. The van der Waals surface area contributed by atoms with Crippen LogP contribution < -0.4 is 0 Å². The maximum Gasteiger partial charge on any atom is 0.312 e. The van der Waals surface area contributed by atoms with Gasteiger partial charge in [-0.15, -0.1) is 0 Å². The lowest BCUT2D eigenvalue weighted by Crippen LogP contribution is -2.32. The molecule has 2 rings (SSSR count). The maximum atomic E-state index is 11.3. The van der Waals surface area contributed by atoms with Crippen LogP contribution in [0.5, 0.6) is 0 Å². The highest BCUT2D eigenvalue weighted by Gasteiger charge is 2.50. The van der Waals surface area contributed by atoms with Crippen molar-refractivity contribution in [3.8, 4) is 0 Å². The molecule has 2 bridgehead atoms. The monoisotopic (exact) mass is 182 g/mol.